The topological polar surface area (TPSA) is 105 Å². The Morgan fingerprint density at radius 3 is 2.62 bits per heavy atom. The van der Waals surface area contributed by atoms with Crippen LogP contribution in [0.1, 0.15) is 76.9 Å². The van der Waals surface area contributed by atoms with Crippen molar-refractivity contribution in [1.82, 2.24) is 0 Å². The SMILES string of the molecule is CC(=O)O[C@@H]1[C@H](O)C[C@@]2(C)[C@H](CC[C@H](C)[C@@]23Cc2c(cc4c(c2O)[C@H](O)OC4)O3)C1(C)C. The summed E-state index contributed by atoms with van der Waals surface area (Å²) in [5.74, 6) is 0.665. The first-order valence-corrected chi connectivity index (χ1v) is 11.6. The lowest BCUT2D eigenvalue weighted by Gasteiger charge is -2.65. The fourth-order valence-corrected chi connectivity index (χ4v) is 7.73. The van der Waals surface area contributed by atoms with Crippen molar-refractivity contribution < 1.29 is 34.3 Å². The minimum atomic E-state index is -1.13. The quantitative estimate of drug-likeness (QED) is 0.568. The summed E-state index contributed by atoms with van der Waals surface area (Å²) >= 11 is 0. The normalized spacial score (nSPS) is 41.5. The van der Waals surface area contributed by atoms with Crippen molar-refractivity contribution in [2.24, 2.45) is 22.7 Å². The summed E-state index contributed by atoms with van der Waals surface area (Å²) in [5.41, 5.74) is 0.419. The Morgan fingerprint density at radius 1 is 1.22 bits per heavy atom. The minimum Gasteiger partial charge on any atom is -0.507 e. The highest BCUT2D eigenvalue weighted by Crippen LogP contribution is 2.67. The summed E-state index contributed by atoms with van der Waals surface area (Å²) in [5, 5.41) is 32.4. The number of phenols is 1. The van der Waals surface area contributed by atoms with Crippen LogP contribution >= 0.6 is 0 Å². The van der Waals surface area contributed by atoms with Crippen molar-refractivity contribution in [3.05, 3.63) is 22.8 Å². The van der Waals surface area contributed by atoms with Crippen LogP contribution in [-0.2, 0) is 27.3 Å². The van der Waals surface area contributed by atoms with Crippen molar-refractivity contribution in [2.45, 2.75) is 91.0 Å². The molecule has 176 valence electrons. The fraction of sp³-hybridized carbons (Fsp3) is 0.720. The first-order chi connectivity index (χ1) is 14.9. The van der Waals surface area contributed by atoms with Gasteiger partial charge in [-0.05, 0) is 42.7 Å². The Bertz CT molecular complexity index is 972. The summed E-state index contributed by atoms with van der Waals surface area (Å²) in [7, 11) is 0. The number of esters is 1. The molecular weight excluding hydrogens is 412 g/mol. The van der Waals surface area contributed by atoms with Crippen LogP contribution in [0.25, 0.3) is 0 Å². The second-order valence-corrected chi connectivity index (χ2v) is 11.2. The van der Waals surface area contributed by atoms with Crippen LogP contribution in [0.5, 0.6) is 11.5 Å². The molecule has 0 bridgehead atoms. The summed E-state index contributed by atoms with van der Waals surface area (Å²) in [6.07, 6.45) is 0.333. The van der Waals surface area contributed by atoms with E-state index in [1.807, 2.05) is 6.07 Å². The van der Waals surface area contributed by atoms with Gasteiger partial charge in [0, 0.05) is 29.7 Å². The van der Waals surface area contributed by atoms with Crippen LogP contribution in [0.15, 0.2) is 6.07 Å². The first kappa shape index (κ1) is 22.0. The maximum absolute atomic E-state index is 11.8. The van der Waals surface area contributed by atoms with Crippen LogP contribution in [-0.4, -0.2) is 39.1 Å². The number of carbonyl (C=O) groups excluding carboxylic acids is 1. The smallest absolute Gasteiger partial charge is 0.303 e. The van der Waals surface area contributed by atoms with E-state index in [1.165, 1.54) is 6.92 Å². The number of hydrogen-bond acceptors (Lipinski definition) is 7. The van der Waals surface area contributed by atoms with Gasteiger partial charge in [-0.2, -0.15) is 0 Å². The molecule has 0 aromatic heterocycles. The number of hydrogen-bond donors (Lipinski definition) is 3. The average Bonchev–Trinajstić information content (AvgIpc) is 3.26. The van der Waals surface area contributed by atoms with Gasteiger partial charge in [0.05, 0.1) is 18.3 Å². The van der Waals surface area contributed by atoms with Gasteiger partial charge in [-0.15, -0.1) is 0 Å². The number of fused-ring (bicyclic) bond motifs is 4. The highest BCUT2D eigenvalue weighted by molar-refractivity contribution is 5.66. The van der Waals surface area contributed by atoms with Gasteiger partial charge in [0.2, 0.25) is 0 Å². The monoisotopic (exact) mass is 446 g/mol. The molecule has 1 spiro atoms. The summed E-state index contributed by atoms with van der Waals surface area (Å²) in [4.78, 5) is 11.8. The van der Waals surface area contributed by atoms with E-state index in [4.69, 9.17) is 14.2 Å². The van der Waals surface area contributed by atoms with Crippen LogP contribution in [0.2, 0.25) is 0 Å². The Kier molecular flexibility index (Phi) is 4.70. The number of benzene rings is 1. The van der Waals surface area contributed by atoms with E-state index < -0.39 is 34.9 Å². The van der Waals surface area contributed by atoms with Crippen molar-refractivity contribution >= 4 is 5.97 Å². The van der Waals surface area contributed by atoms with Crippen LogP contribution < -0.4 is 4.74 Å². The largest absolute Gasteiger partial charge is 0.507 e. The molecule has 7 nitrogen and oxygen atoms in total. The van der Waals surface area contributed by atoms with E-state index in [9.17, 15) is 20.1 Å². The number of carbonyl (C=O) groups is 1. The number of aromatic hydroxyl groups is 1. The lowest BCUT2D eigenvalue weighted by atomic mass is 9.43. The molecule has 2 aliphatic carbocycles. The van der Waals surface area contributed by atoms with Gasteiger partial charge < -0.3 is 29.5 Å². The summed E-state index contributed by atoms with van der Waals surface area (Å²) < 4.78 is 17.7. The third kappa shape index (κ3) is 2.68. The third-order valence-corrected chi connectivity index (χ3v) is 9.19. The number of aliphatic hydroxyl groups is 2. The van der Waals surface area contributed by atoms with Crippen molar-refractivity contribution in [1.29, 1.82) is 0 Å². The van der Waals surface area contributed by atoms with Crippen molar-refractivity contribution in [2.75, 3.05) is 0 Å². The second kappa shape index (κ2) is 6.84. The molecule has 2 aliphatic heterocycles. The van der Waals surface area contributed by atoms with Gasteiger partial charge in [-0.1, -0.05) is 27.7 Å². The third-order valence-electron chi connectivity index (χ3n) is 9.19. The lowest BCUT2D eigenvalue weighted by molar-refractivity contribution is -0.246. The predicted octanol–water partition coefficient (Wildman–Crippen LogP) is 3.36. The number of aliphatic hydroxyl groups excluding tert-OH is 2. The lowest BCUT2D eigenvalue weighted by Crippen LogP contribution is -2.69. The van der Waals surface area contributed by atoms with Crippen molar-refractivity contribution in [3.8, 4) is 11.5 Å². The molecule has 5 rings (SSSR count). The molecule has 4 aliphatic rings. The Labute approximate surface area is 188 Å². The van der Waals surface area contributed by atoms with Gasteiger partial charge in [-0.3, -0.25) is 4.79 Å². The van der Waals surface area contributed by atoms with Crippen molar-refractivity contribution in [3.63, 3.8) is 0 Å². The molecule has 0 saturated heterocycles. The summed E-state index contributed by atoms with van der Waals surface area (Å²) in [6, 6.07) is 1.89. The first-order valence-electron chi connectivity index (χ1n) is 11.6. The molecular formula is C25H34O7. The zero-order valence-corrected chi connectivity index (χ0v) is 19.5. The van der Waals surface area contributed by atoms with Crippen LogP contribution in [0.3, 0.4) is 0 Å². The van der Waals surface area contributed by atoms with Crippen LogP contribution in [0, 0.1) is 22.7 Å². The second-order valence-electron chi connectivity index (χ2n) is 11.2. The molecule has 3 N–H and O–H groups in total. The molecule has 0 radical (unpaired) electrons. The minimum absolute atomic E-state index is 0.0608. The van der Waals surface area contributed by atoms with Gasteiger partial charge in [0.15, 0.2) is 6.29 Å². The molecule has 2 fully saturated rings. The highest BCUT2D eigenvalue weighted by Gasteiger charge is 2.69. The number of rotatable bonds is 1. The van der Waals surface area contributed by atoms with Crippen LogP contribution in [0.4, 0.5) is 0 Å². The maximum atomic E-state index is 11.8. The Hall–Kier alpha value is -1.83. The zero-order valence-electron chi connectivity index (χ0n) is 19.5. The van der Waals surface area contributed by atoms with Gasteiger partial charge >= 0.3 is 5.97 Å². The standard InChI is InChI=1S/C25H34O7/c1-12-6-7-18-23(3,4)21(31-13(2)26)16(27)10-24(18,5)25(12)9-15-17(32-25)8-14-11-30-22(29)19(14)20(15)28/h8,12,16,18,21-22,27-29H,6-7,9-11H2,1-5H3/t12-,16+,18+,21+,22+,24-,25-/m0/s1. The molecule has 0 unspecified atom stereocenters. The van der Waals surface area contributed by atoms with E-state index in [1.54, 1.807) is 0 Å². The van der Waals surface area contributed by atoms with E-state index in [-0.39, 0.29) is 30.2 Å². The molecule has 7 heteroatoms. The molecule has 2 saturated carbocycles. The molecule has 1 aromatic rings. The molecule has 0 amide bonds. The van der Waals surface area contributed by atoms with Gasteiger partial charge in [0.1, 0.15) is 23.2 Å². The summed E-state index contributed by atoms with van der Waals surface area (Å²) in [6.45, 7) is 10.2. The fourth-order valence-electron chi connectivity index (χ4n) is 7.73. The Morgan fingerprint density at radius 2 is 1.94 bits per heavy atom. The van der Waals surface area contributed by atoms with E-state index in [2.05, 4.69) is 27.7 Å². The van der Waals surface area contributed by atoms with Gasteiger partial charge in [0.25, 0.3) is 0 Å². The Balaban J connectivity index is 1.59. The molecule has 32 heavy (non-hydrogen) atoms. The van der Waals surface area contributed by atoms with E-state index in [0.29, 0.717) is 29.7 Å². The zero-order chi connectivity index (χ0) is 23.2. The number of phenolic OH excluding ortho intramolecular Hbond substituents is 1. The highest BCUT2D eigenvalue weighted by atomic mass is 16.6. The molecule has 2 heterocycles. The predicted molar refractivity (Wildman–Crippen MR) is 115 cm³/mol. The molecule has 7 atom stereocenters. The molecule has 1 aromatic carbocycles. The average molecular weight is 447 g/mol. The van der Waals surface area contributed by atoms with Gasteiger partial charge in [-0.25, -0.2) is 0 Å². The number of ether oxygens (including phenoxy) is 3. The van der Waals surface area contributed by atoms with E-state index in [0.717, 1.165) is 18.4 Å². The maximum Gasteiger partial charge on any atom is 0.303 e. The van der Waals surface area contributed by atoms with E-state index >= 15 is 0 Å².